The molecule has 1 saturated carbocycles. The number of para-hydroxylation sites is 1. The van der Waals surface area contributed by atoms with Gasteiger partial charge in [-0.1, -0.05) is 67.3 Å². The van der Waals surface area contributed by atoms with E-state index in [0.29, 0.717) is 0 Å². The van der Waals surface area contributed by atoms with Crippen LogP contribution in [0.3, 0.4) is 0 Å². The molecule has 1 aliphatic heterocycles. The van der Waals surface area contributed by atoms with Crippen LogP contribution in [-0.2, 0) is 6.42 Å². The van der Waals surface area contributed by atoms with E-state index in [1.165, 1.54) is 49.2 Å². The SMILES string of the molecule is CC(N=C1Nc2ccccc2CC12CCCCC2)c1ccccc1Cl. The number of nitrogens with one attached hydrogen (secondary N) is 1. The number of aliphatic imine (C=N–C) groups is 1. The smallest absolute Gasteiger partial charge is 0.108 e. The molecule has 25 heavy (non-hydrogen) atoms. The topological polar surface area (TPSA) is 24.4 Å². The van der Waals surface area contributed by atoms with Crippen molar-refractivity contribution in [2.24, 2.45) is 10.4 Å². The molecule has 2 aromatic rings. The Morgan fingerprint density at radius 1 is 1.00 bits per heavy atom. The monoisotopic (exact) mass is 352 g/mol. The zero-order valence-electron chi connectivity index (χ0n) is 14.8. The van der Waals surface area contributed by atoms with Crippen LogP contribution in [0, 0.1) is 5.41 Å². The van der Waals surface area contributed by atoms with Gasteiger partial charge in [0.1, 0.15) is 5.84 Å². The number of benzene rings is 2. The van der Waals surface area contributed by atoms with Gasteiger partial charge in [0.25, 0.3) is 0 Å². The van der Waals surface area contributed by atoms with Gasteiger partial charge in [-0.2, -0.15) is 0 Å². The molecule has 130 valence electrons. The summed E-state index contributed by atoms with van der Waals surface area (Å²) in [5.74, 6) is 1.17. The van der Waals surface area contributed by atoms with Gasteiger partial charge in [-0.3, -0.25) is 4.99 Å². The van der Waals surface area contributed by atoms with E-state index >= 15 is 0 Å². The second kappa shape index (κ2) is 6.84. The first-order valence-corrected chi connectivity index (χ1v) is 9.73. The molecule has 1 N–H and O–H groups in total. The van der Waals surface area contributed by atoms with Crippen LogP contribution in [-0.4, -0.2) is 5.84 Å². The molecule has 0 aromatic heterocycles. The van der Waals surface area contributed by atoms with Crippen molar-refractivity contribution < 1.29 is 0 Å². The largest absolute Gasteiger partial charge is 0.343 e. The van der Waals surface area contributed by atoms with E-state index in [1.54, 1.807) is 0 Å². The van der Waals surface area contributed by atoms with E-state index in [2.05, 4.69) is 42.6 Å². The Morgan fingerprint density at radius 2 is 1.72 bits per heavy atom. The molecule has 0 bridgehead atoms. The highest BCUT2D eigenvalue weighted by atomic mass is 35.5. The third kappa shape index (κ3) is 3.20. The Hall–Kier alpha value is -1.80. The van der Waals surface area contributed by atoms with E-state index in [-0.39, 0.29) is 11.5 Å². The van der Waals surface area contributed by atoms with Crippen molar-refractivity contribution in [3.63, 3.8) is 0 Å². The Kier molecular flexibility index (Phi) is 4.56. The Labute approximate surface area is 155 Å². The molecule has 2 aliphatic rings. The van der Waals surface area contributed by atoms with E-state index in [9.17, 15) is 0 Å². The van der Waals surface area contributed by atoms with Gasteiger partial charge >= 0.3 is 0 Å². The molecule has 2 aromatic carbocycles. The number of nitrogens with zero attached hydrogens (tertiary/aromatic N) is 1. The van der Waals surface area contributed by atoms with Crippen LogP contribution in [0.25, 0.3) is 0 Å². The van der Waals surface area contributed by atoms with Crippen molar-refractivity contribution in [2.45, 2.75) is 51.5 Å². The number of halogens is 1. The van der Waals surface area contributed by atoms with Crippen molar-refractivity contribution in [2.75, 3.05) is 5.32 Å². The molecule has 1 spiro atoms. The third-order valence-corrected chi connectivity index (χ3v) is 6.13. The van der Waals surface area contributed by atoms with Gasteiger partial charge in [0, 0.05) is 16.1 Å². The zero-order chi connectivity index (χ0) is 17.3. The van der Waals surface area contributed by atoms with Crippen LogP contribution in [0.5, 0.6) is 0 Å². The molecule has 1 unspecified atom stereocenters. The predicted molar refractivity (Wildman–Crippen MR) is 107 cm³/mol. The van der Waals surface area contributed by atoms with E-state index in [0.717, 1.165) is 17.0 Å². The van der Waals surface area contributed by atoms with Crippen LogP contribution in [0.15, 0.2) is 53.5 Å². The summed E-state index contributed by atoms with van der Waals surface area (Å²) in [5.41, 5.74) is 3.91. The molecule has 4 rings (SSSR count). The summed E-state index contributed by atoms with van der Waals surface area (Å²) in [6, 6.07) is 16.8. The highest BCUT2D eigenvalue weighted by Crippen LogP contribution is 2.45. The number of hydrogen-bond donors (Lipinski definition) is 1. The maximum Gasteiger partial charge on any atom is 0.108 e. The molecule has 3 heteroatoms. The highest BCUT2D eigenvalue weighted by Gasteiger charge is 2.41. The fraction of sp³-hybridized carbons (Fsp3) is 0.409. The first-order chi connectivity index (χ1) is 12.2. The third-order valence-electron chi connectivity index (χ3n) is 5.79. The summed E-state index contributed by atoms with van der Waals surface area (Å²) in [6.07, 6.45) is 7.48. The lowest BCUT2D eigenvalue weighted by Crippen LogP contribution is -2.43. The molecule has 1 atom stereocenters. The van der Waals surface area contributed by atoms with Crippen LogP contribution < -0.4 is 5.32 Å². The van der Waals surface area contributed by atoms with Gasteiger partial charge in [0.05, 0.1) is 6.04 Å². The predicted octanol–water partition coefficient (Wildman–Crippen LogP) is 6.42. The van der Waals surface area contributed by atoms with Gasteiger partial charge in [0.15, 0.2) is 0 Å². The second-order valence-electron chi connectivity index (χ2n) is 7.48. The molecular weight excluding hydrogens is 328 g/mol. The summed E-state index contributed by atoms with van der Waals surface area (Å²) >= 11 is 6.41. The molecule has 0 radical (unpaired) electrons. The zero-order valence-corrected chi connectivity index (χ0v) is 15.5. The standard InChI is InChI=1S/C22H25ClN2/c1-16(18-10-4-5-11-19(18)23)24-21-22(13-7-2-8-14-22)15-17-9-3-6-12-20(17)25-21/h3-6,9-12,16H,2,7-8,13-15H2,1H3,(H,24,25). The Balaban J connectivity index is 1.73. The van der Waals surface area contributed by atoms with Crippen molar-refractivity contribution in [1.82, 2.24) is 0 Å². The fourth-order valence-electron chi connectivity index (χ4n) is 4.39. The average molecular weight is 353 g/mol. The molecular formula is C22H25ClN2. The molecule has 1 aliphatic carbocycles. The van der Waals surface area contributed by atoms with Crippen molar-refractivity contribution >= 4 is 23.1 Å². The molecule has 2 nitrogen and oxygen atoms in total. The molecule has 1 heterocycles. The van der Waals surface area contributed by atoms with Crippen LogP contribution in [0.4, 0.5) is 5.69 Å². The lowest BCUT2D eigenvalue weighted by Gasteiger charge is -2.43. The van der Waals surface area contributed by atoms with Crippen molar-refractivity contribution in [3.05, 3.63) is 64.7 Å². The molecule has 0 amide bonds. The van der Waals surface area contributed by atoms with Crippen molar-refractivity contribution in [3.8, 4) is 0 Å². The summed E-state index contributed by atoms with van der Waals surface area (Å²) in [5, 5.41) is 4.48. The minimum atomic E-state index is 0.0558. The first kappa shape index (κ1) is 16.7. The van der Waals surface area contributed by atoms with Crippen LogP contribution >= 0.6 is 11.6 Å². The lowest BCUT2D eigenvalue weighted by molar-refractivity contribution is 0.277. The second-order valence-corrected chi connectivity index (χ2v) is 7.88. The number of amidine groups is 1. The van der Waals surface area contributed by atoms with E-state index in [1.807, 2.05) is 18.2 Å². The molecule has 0 saturated heterocycles. The average Bonchev–Trinajstić information content (AvgIpc) is 2.63. The number of anilines is 1. The van der Waals surface area contributed by atoms with Crippen molar-refractivity contribution in [1.29, 1.82) is 0 Å². The van der Waals surface area contributed by atoms with Crippen LogP contribution in [0.1, 0.15) is 56.2 Å². The molecule has 1 fully saturated rings. The van der Waals surface area contributed by atoms with Gasteiger partial charge in [-0.15, -0.1) is 0 Å². The first-order valence-electron chi connectivity index (χ1n) is 9.36. The van der Waals surface area contributed by atoms with E-state index < -0.39 is 0 Å². The Bertz CT molecular complexity index is 790. The number of hydrogen-bond acceptors (Lipinski definition) is 1. The summed E-state index contributed by atoms with van der Waals surface area (Å²) < 4.78 is 0. The minimum Gasteiger partial charge on any atom is -0.343 e. The highest BCUT2D eigenvalue weighted by molar-refractivity contribution is 6.31. The van der Waals surface area contributed by atoms with Gasteiger partial charge < -0.3 is 5.32 Å². The normalized spacial score (nSPS) is 21.6. The summed E-state index contributed by atoms with van der Waals surface area (Å²) in [7, 11) is 0. The minimum absolute atomic E-state index is 0.0558. The summed E-state index contributed by atoms with van der Waals surface area (Å²) in [6.45, 7) is 2.15. The van der Waals surface area contributed by atoms with Gasteiger partial charge in [-0.05, 0) is 49.4 Å². The fourth-order valence-corrected chi connectivity index (χ4v) is 4.69. The maximum absolute atomic E-state index is 6.41. The number of rotatable bonds is 2. The Morgan fingerprint density at radius 3 is 2.52 bits per heavy atom. The lowest BCUT2D eigenvalue weighted by atomic mass is 9.67. The van der Waals surface area contributed by atoms with Gasteiger partial charge in [-0.25, -0.2) is 0 Å². The van der Waals surface area contributed by atoms with E-state index in [4.69, 9.17) is 16.6 Å². The number of fused-ring (bicyclic) bond motifs is 1. The maximum atomic E-state index is 6.41. The van der Waals surface area contributed by atoms with Crippen LogP contribution in [0.2, 0.25) is 5.02 Å². The summed E-state index contributed by atoms with van der Waals surface area (Å²) in [4.78, 5) is 5.16. The quantitative estimate of drug-likeness (QED) is 0.662. The van der Waals surface area contributed by atoms with Gasteiger partial charge in [0.2, 0.25) is 0 Å².